The predicted molar refractivity (Wildman–Crippen MR) is 115 cm³/mol. The Hall–Kier alpha value is -2.82. The summed E-state index contributed by atoms with van der Waals surface area (Å²) in [6.45, 7) is 0.0111. The molecule has 1 N–H and O–H groups in total. The number of alkyl halides is 3. The van der Waals surface area contributed by atoms with E-state index in [1.165, 1.54) is 24.5 Å². The zero-order valence-corrected chi connectivity index (χ0v) is 17.8. The van der Waals surface area contributed by atoms with Crippen molar-refractivity contribution >= 4 is 38.2 Å². The highest BCUT2D eigenvalue weighted by atomic mass is 32.2. The number of anilines is 1. The minimum Gasteiger partial charge on any atom is -0.380 e. The van der Waals surface area contributed by atoms with Crippen LogP contribution in [0.25, 0.3) is 22.0 Å². The first-order chi connectivity index (χ1) is 14.9. The van der Waals surface area contributed by atoms with E-state index < -0.39 is 22.7 Å². The number of rotatable bonds is 6. The number of aromatic nitrogens is 2. The molecule has 0 aliphatic rings. The molecule has 0 spiro atoms. The highest BCUT2D eigenvalue weighted by Gasteiger charge is 2.31. The van der Waals surface area contributed by atoms with Crippen molar-refractivity contribution in [1.29, 1.82) is 0 Å². The summed E-state index contributed by atoms with van der Waals surface area (Å²) >= 11 is 1.34. The maximum atomic E-state index is 13.2. The largest absolute Gasteiger partial charge is 0.416 e. The van der Waals surface area contributed by atoms with E-state index in [2.05, 4.69) is 14.7 Å². The number of hydrogen-bond acceptors (Lipinski definition) is 5. The van der Waals surface area contributed by atoms with Gasteiger partial charge in [-0.2, -0.15) is 13.2 Å². The molecule has 0 aliphatic carbocycles. The first-order valence-electron chi connectivity index (χ1n) is 9.03. The average molecular weight is 464 g/mol. The van der Waals surface area contributed by atoms with Gasteiger partial charge in [0.15, 0.2) is 16.1 Å². The van der Waals surface area contributed by atoms with Crippen molar-refractivity contribution in [3.8, 4) is 11.3 Å². The van der Waals surface area contributed by atoms with Crippen molar-refractivity contribution in [1.82, 2.24) is 9.97 Å². The zero-order valence-electron chi connectivity index (χ0n) is 16.1. The normalized spacial score (nSPS) is 12.8. The lowest BCUT2D eigenvalue weighted by atomic mass is 9.97. The summed E-state index contributed by atoms with van der Waals surface area (Å²) in [7, 11) is -0.0797. The minimum atomic E-state index is -4.45. The second kappa shape index (κ2) is 8.74. The third-order valence-corrected chi connectivity index (χ3v) is 6.43. The number of nitrogens with zero attached hydrogens (tertiary/aromatic N) is 2. The van der Waals surface area contributed by atoms with E-state index in [-0.39, 0.29) is 6.61 Å². The number of thiazole rings is 1. The number of pyridine rings is 1. The van der Waals surface area contributed by atoms with Crippen molar-refractivity contribution < 1.29 is 22.1 Å². The molecule has 0 fully saturated rings. The number of methoxy groups -OCH3 is 1. The molecule has 0 radical (unpaired) electrons. The van der Waals surface area contributed by atoms with E-state index in [9.17, 15) is 17.4 Å². The number of benzene rings is 2. The molecule has 0 saturated heterocycles. The summed E-state index contributed by atoms with van der Waals surface area (Å²) < 4.78 is 60.0. The Bertz CT molecular complexity index is 1240. The van der Waals surface area contributed by atoms with Crippen molar-refractivity contribution in [2.24, 2.45) is 0 Å². The van der Waals surface area contributed by atoms with Gasteiger partial charge in [-0.1, -0.05) is 12.1 Å². The van der Waals surface area contributed by atoms with E-state index >= 15 is 0 Å². The van der Waals surface area contributed by atoms with Crippen LogP contribution in [0.4, 0.5) is 18.3 Å². The van der Waals surface area contributed by atoms with E-state index in [1.807, 2.05) is 0 Å². The molecule has 2 heterocycles. The van der Waals surface area contributed by atoms with Crippen LogP contribution < -0.4 is 4.72 Å². The molecule has 31 heavy (non-hydrogen) atoms. The Kier molecular flexibility index (Phi) is 6.03. The van der Waals surface area contributed by atoms with Gasteiger partial charge in [0.25, 0.3) is 0 Å². The van der Waals surface area contributed by atoms with Gasteiger partial charge < -0.3 is 4.74 Å². The third-order valence-electron chi connectivity index (χ3n) is 4.55. The van der Waals surface area contributed by atoms with Crippen LogP contribution >= 0.6 is 11.3 Å². The fourth-order valence-corrected chi connectivity index (χ4v) is 4.72. The SMILES string of the molecule is COCc1cc(C(F)(F)F)ccc1-c1nccc2cc(S(=O)Nc3nccs3)ccc12. The summed E-state index contributed by atoms with van der Waals surface area (Å²) in [5.41, 5.74) is 0.726. The molecule has 10 heteroatoms. The molecule has 0 amide bonds. The number of halogens is 3. The summed E-state index contributed by atoms with van der Waals surface area (Å²) in [6.07, 6.45) is -1.26. The van der Waals surface area contributed by atoms with Gasteiger partial charge in [-0.25, -0.2) is 9.19 Å². The van der Waals surface area contributed by atoms with Gasteiger partial charge in [0.05, 0.1) is 22.8 Å². The maximum Gasteiger partial charge on any atom is 0.416 e. The Morgan fingerprint density at radius 2 is 1.94 bits per heavy atom. The highest BCUT2D eigenvalue weighted by molar-refractivity contribution is 7.86. The molecular weight excluding hydrogens is 447 g/mol. The predicted octanol–water partition coefficient (Wildman–Crippen LogP) is 5.66. The molecular formula is C21H16F3N3O2S2. The quantitative estimate of drug-likeness (QED) is 0.401. The Labute approximate surface area is 182 Å². The van der Waals surface area contributed by atoms with Crippen LogP contribution in [0.2, 0.25) is 0 Å². The number of ether oxygens (including phenoxy) is 1. The van der Waals surface area contributed by atoms with E-state index in [0.717, 1.165) is 22.9 Å². The molecule has 2 aromatic carbocycles. The molecule has 4 rings (SSSR count). The van der Waals surface area contributed by atoms with Crippen molar-refractivity contribution in [3.63, 3.8) is 0 Å². The van der Waals surface area contributed by atoms with Crippen molar-refractivity contribution in [2.45, 2.75) is 17.7 Å². The first kappa shape index (κ1) is 21.4. The van der Waals surface area contributed by atoms with Crippen LogP contribution in [-0.2, 0) is 28.5 Å². The number of hydrogen-bond donors (Lipinski definition) is 1. The Morgan fingerprint density at radius 3 is 2.65 bits per heavy atom. The molecule has 1 atom stereocenters. The van der Waals surface area contributed by atoms with Gasteiger partial charge in [-0.3, -0.25) is 9.71 Å². The van der Waals surface area contributed by atoms with Crippen LogP contribution in [-0.4, -0.2) is 21.3 Å². The van der Waals surface area contributed by atoms with Gasteiger partial charge in [-0.05, 0) is 41.3 Å². The van der Waals surface area contributed by atoms with Gasteiger partial charge in [-0.15, -0.1) is 11.3 Å². The maximum absolute atomic E-state index is 13.2. The van der Waals surface area contributed by atoms with E-state index in [4.69, 9.17) is 4.74 Å². The summed E-state index contributed by atoms with van der Waals surface area (Å²) in [5.74, 6) is 0. The monoisotopic (exact) mass is 463 g/mol. The average Bonchev–Trinajstić information content (AvgIpc) is 3.25. The van der Waals surface area contributed by atoms with Crippen molar-refractivity contribution in [2.75, 3.05) is 11.8 Å². The first-order valence-corrected chi connectivity index (χ1v) is 11.1. The Balaban J connectivity index is 1.76. The number of nitrogens with one attached hydrogen (secondary N) is 1. The standard InChI is InChI=1S/C21H16F3N3O2S2/c1-29-12-14-10-15(21(22,23)24)2-4-18(14)19-17-5-3-16(11-13(17)6-7-25-19)31(28)27-20-26-8-9-30-20/h2-11H,12H2,1H3,(H,26,27). The molecule has 5 nitrogen and oxygen atoms in total. The second-order valence-electron chi connectivity index (χ2n) is 6.55. The topological polar surface area (TPSA) is 64.1 Å². The second-order valence-corrected chi connectivity index (χ2v) is 8.66. The fourth-order valence-electron chi connectivity index (χ4n) is 3.17. The van der Waals surface area contributed by atoms with Crippen LogP contribution in [0.1, 0.15) is 11.1 Å². The smallest absolute Gasteiger partial charge is 0.380 e. The molecule has 0 aliphatic heterocycles. The lowest BCUT2D eigenvalue weighted by Crippen LogP contribution is -2.07. The molecule has 0 saturated carbocycles. The third kappa shape index (κ3) is 4.60. The fraction of sp³-hybridized carbons (Fsp3) is 0.143. The summed E-state index contributed by atoms with van der Waals surface area (Å²) in [4.78, 5) is 9.02. The van der Waals surface area contributed by atoms with Gasteiger partial charge in [0, 0.05) is 35.8 Å². The Morgan fingerprint density at radius 1 is 1.10 bits per heavy atom. The van der Waals surface area contributed by atoms with E-state index in [1.54, 1.807) is 42.0 Å². The highest BCUT2D eigenvalue weighted by Crippen LogP contribution is 2.35. The lowest BCUT2D eigenvalue weighted by Gasteiger charge is -2.14. The molecule has 4 aromatic rings. The molecule has 160 valence electrons. The summed E-state index contributed by atoms with van der Waals surface area (Å²) in [5, 5.41) is 3.82. The zero-order chi connectivity index (χ0) is 22.0. The van der Waals surface area contributed by atoms with E-state index in [0.29, 0.717) is 26.8 Å². The van der Waals surface area contributed by atoms with Crippen LogP contribution in [0.15, 0.2) is 65.1 Å². The lowest BCUT2D eigenvalue weighted by molar-refractivity contribution is -0.137. The van der Waals surface area contributed by atoms with Gasteiger partial charge in [0.2, 0.25) is 0 Å². The summed E-state index contributed by atoms with van der Waals surface area (Å²) in [6, 6.07) is 10.5. The van der Waals surface area contributed by atoms with Crippen LogP contribution in [0.3, 0.4) is 0 Å². The van der Waals surface area contributed by atoms with Gasteiger partial charge in [0.1, 0.15) is 0 Å². The molecule has 2 aromatic heterocycles. The molecule has 0 bridgehead atoms. The van der Waals surface area contributed by atoms with Crippen LogP contribution in [0, 0.1) is 0 Å². The van der Waals surface area contributed by atoms with Crippen LogP contribution in [0.5, 0.6) is 0 Å². The van der Waals surface area contributed by atoms with Crippen molar-refractivity contribution in [3.05, 3.63) is 71.4 Å². The molecule has 1 unspecified atom stereocenters. The minimum absolute atomic E-state index is 0.0111. The number of fused-ring (bicyclic) bond motifs is 1. The van der Waals surface area contributed by atoms with Gasteiger partial charge >= 0.3 is 6.18 Å².